The zero-order chi connectivity index (χ0) is 37.3. The number of rotatable bonds is 15. The molecule has 8 nitrogen and oxygen atoms in total. The third-order valence-corrected chi connectivity index (χ3v) is 10.3. The molecule has 8 heteroatoms. The van der Waals surface area contributed by atoms with Gasteiger partial charge < -0.3 is 29.0 Å². The molecular formula is C46H45NO7. The summed E-state index contributed by atoms with van der Waals surface area (Å²) in [7, 11) is 0. The minimum atomic E-state index is -0.924. The molecule has 7 atom stereocenters. The highest BCUT2D eigenvalue weighted by atomic mass is 16.6. The van der Waals surface area contributed by atoms with Gasteiger partial charge in [0.2, 0.25) is 5.91 Å². The van der Waals surface area contributed by atoms with E-state index < -0.39 is 48.6 Å². The molecule has 0 radical (unpaired) electrons. The molecule has 5 aromatic carbocycles. The van der Waals surface area contributed by atoms with Crippen LogP contribution >= 0.6 is 0 Å². The molecule has 0 spiro atoms. The third-order valence-electron chi connectivity index (χ3n) is 10.3. The Morgan fingerprint density at radius 2 is 1.54 bits per heavy atom. The number of carbonyl (C=O) groups excluding carboxylic acids is 2. The number of carbonyl (C=O) groups is 2. The highest BCUT2D eigenvalue weighted by Crippen LogP contribution is 2.39. The van der Waals surface area contributed by atoms with Crippen LogP contribution in [-0.4, -0.2) is 71.2 Å². The summed E-state index contributed by atoms with van der Waals surface area (Å²) in [5, 5.41) is 12.5. The van der Waals surface area contributed by atoms with Gasteiger partial charge in [-0.25, -0.2) is 0 Å². The van der Waals surface area contributed by atoms with Crippen molar-refractivity contribution in [1.82, 2.24) is 4.90 Å². The van der Waals surface area contributed by atoms with Gasteiger partial charge in [0.15, 0.2) is 6.10 Å². The van der Waals surface area contributed by atoms with Gasteiger partial charge in [0.05, 0.1) is 37.9 Å². The van der Waals surface area contributed by atoms with Crippen molar-refractivity contribution in [1.29, 1.82) is 0 Å². The van der Waals surface area contributed by atoms with Crippen molar-refractivity contribution in [3.05, 3.63) is 168 Å². The zero-order valence-corrected chi connectivity index (χ0v) is 30.2. The van der Waals surface area contributed by atoms with Gasteiger partial charge in [0.25, 0.3) is 0 Å². The van der Waals surface area contributed by atoms with Gasteiger partial charge in [-0.05, 0) is 51.6 Å². The maximum absolute atomic E-state index is 14.4. The second kappa shape index (κ2) is 17.7. The lowest BCUT2D eigenvalue weighted by Crippen LogP contribution is -2.59. The minimum Gasteiger partial charge on any atom is -0.457 e. The monoisotopic (exact) mass is 723 g/mol. The molecule has 7 unspecified atom stereocenters. The van der Waals surface area contributed by atoms with E-state index in [4.69, 9.17) is 18.9 Å². The van der Waals surface area contributed by atoms with Crippen molar-refractivity contribution in [2.45, 2.75) is 81.5 Å². The summed E-state index contributed by atoms with van der Waals surface area (Å²) in [6.45, 7) is 4.39. The number of hydrogen-bond acceptors (Lipinski definition) is 7. The van der Waals surface area contributed by atoms with Crippen molar-refractivity contribution in [3.63, 3.8) is 0 Å². The normalized spacial score (nSPS) is 22.5. The van der Waals surface area contributed by atoms with Crippen LogP contribution in [0.4, 0.5) is 0 Å². The Bertz CT molecular complexity index is 1980. The molecule has 0 aliphatic carbocycles. The summed E-state index contributed by atoms with van der Waals surface area (Å²) in [6.07, 6.45) is -1.15. The molecular weight excluding hydrogens is 679 g/mol. The van der Waals surface area contributed by atoms with Crippen LogP contribution in [-0.2, 0) is 54.5 Å². The van der Waals surface area contributed by atoms with Gasteiger partial charge in [-0.2, -0.15) is 0 Å². The largest absolute Gasteiger partial charge is 0.457 e. The molecule has 2 aliphatic rings. The van der Waals surface area contributed by atoms with E-state index in [1.807, 2.05) is 126 Å². The summed E-state index contributed by atoms with van der Waals surface area (Å²) in [4.78, 5) is 29.6. The Balaban J connectivity index is 1.15. The predicted molar refractivity (Wildman–Crippen MR) is 205 cm³/mol. The predicted octanol–water partition coefficient (Wildman–Crippen LogP) is 6.61. The quantitative estimate of drug-likeness (QED) is 0.0960. The molecule has 54 heavy (non-hydrogen) atoms. The molecule has 5 aromatic rings. The fourth-order valence-corrected chi connectivity index (χ4v) is 7.60. The Kier molecular flexibility index (Phi) is 12.1. The standard InChI is InChI=1S/C46H45NO7/c1-2-38(47(29-33-17-8-4-9-18-33)42(49)27-36-23-14-22-35-21-12-13-24-37(35)36)39-28-40-44(53-39)46(51-31-34-19-10-5-11-20-34)45(41(30-48)52-40)54-43(50)26-25-32-15-6-3-7-16-32/h2-11,14-24,38-41,44-46,48H,1,25-31H2. The fraction of sp³-hybridized carbons (Fsp3) is 0.304. The van der Waals surface area contributed by atoms with E-state index in [1.54, 1.807) is 6.08 Å². The van der Waals surface area contributed by atoms with E-state index in [9.17, 15) is 14.7 Å². The Hall–Kier alpha value is -5.30. The maximum atomic E-state index is 14.4. The number of aryl methyl sites for hydroxylation is 1. The first kappa shape index (κ1) is 37.0. The minimum absolute atomic E-state index is 0.0844. The van der Waals surface area contributed by atoms with E-state index in [2.05, 4.69) is 18.7 Å². The summed E-state index contributed by atoms with van der Waals surface area (Å²) >= 11 is 0. The molecule has 2 fully saturated rings. The molecule has 0 aromatic heterocycles. The second-order valence-electron chi connectivity index (χ2n) is 13.9. The fourth-order valence-electron chi connectivity index (χ4n) is 7.60. The van der Waals surface area contributed by atoms with Crippen molar-refractivity contribution in [2.75, 3.05) is 6.61 Å². The number of ether oxygens (including phenoxy) is 4. The Morgan fingerprint density at radius 1 is 0.852 bits per heavy atom. The maximum Gasteiger partial charge on any atom is 0.306 e. The van der Waals surface area contributed by atoms with E-state index in [-0.39, 0.29) is 32.0 Å². The zero-order valence-electron chi connectivity index (χ0n) is 30.2. The van der Waals surface area contributed by atoms with E-state index in [0.717, 1.165) is 33.0 Å². The number of benzene rings is 4. The number of esters is 1. The van der Waals surface area contributed by atoms with Crippen LogP contribution < -0.4 is 0 Å². The summed E-state index contributed by atoms with van der Waals surface area (Å²) in [5.74, 6) is -0.501. The lowest BCUT2D eigenvalue weighted by atomic mass is 9.93. The van der Waals surface area contributed by atoms with Crippen LogP contribution in [0.2, 0.25) is 0 Å². The van der Waals surface area contributed by atoms with Gasteiger partial charge >= 0.3 is 5.97 Å². The molecule has 1 amide bonds. The molecule has 1 N–H and O–H groups in total. The molecule has 276 valence electrons. The molecule has 0 saturated carbocycles. The summed E-state index contributed by atoms with van der Waals surface area (Å²) in [5.41, 5.74) is 3.83. The Morgan fingerprint density at radius 3 is 2.24 bits per heavy atom. The van der Waals surface area contributed by atoms with Gasteiger partial charge in [0.1, 0.15) is 18.3 Å². The average Bonchev–Trinajstić information content (AvgIpc) is 3.64. The van der Waals surface area contributed by atoms with Crippen LogP contribution in [0.5, 0.6) is 0 Å². The van der Waals surface area contributed by atoms with E-state index >= 15 is 0 Å². The van der Waals surface area contributed by atoms with E-state index in [0.29, 0.717) is 19.4 Å². The average molecular weight is 724 g/mol. The van der Waals surface area contributed by atoms with Crippen molar-refractivity contribution in [2.24, 2.45) is 0 Å². The Labute approximate surface area is 316 Å². The van der Waals surface area contributed by atoms with Gasteiger partial charge in [-0.15, -0.1) is 6.58 Å². The van der Waals surface area contributed by atoms with Crippen molar-refractivity contribution >= 4 is 22.6 Å². The van der Waals surface area contributed by atoms with Crippen molar-refractivity contribution in [3.8, 4) is 0 Å². The summed E-state index contributed by atoms with van der Waals surface area (Å²) in [6, 6.07) is 44.5. The second-order valence-corrected chi connectivity index (χ2v) is 13.9. The smallest absolute Gasteiger partial charge is 0.306 e. The number of fused-ring (bicyclic) bond motifs is 2. The number of aliphatic hydroxyl groups excluding tert-OH is 1. The number of hydrogen-bond donors (Lipinski definition) is 1. The number of aliphatic hydroxyl groups is 1. The van der Waals surface area contributed by atoms with Crippen LogP contribution in [0, 0.1) is 12.1 Å². The first-order chi connectivity index (χ1) is 26.5. The molecule has 7 rings (SSSR count). The third kappa shape index (κ3) is 8.73. The van der Waals surface area contributed by atoms with E-state index in [1.165, 1.54) is 0 Å². The number of amides is 1. The topological polar surface area (TPSA) is 94.5 Å². The first-order valence-electron chi connectivity index (χ1n) is 18.6. The highest BCUT2D eigenvalue weighted by Gasteiger charge is 2.55. The molecule has 2 saturated heterocycles. The molecule has 0 bridgehead atoms. The lowest BCUT2D eigenvalue weighted by molar-refractivity contribution is -0.244. The highest BCUT2D eigenvalue weighted by molar-refractivity contribution is 5.90. The van der Waals surface area contributed by atoms with Crippen LogP contribution in [0.25, 0.3) is 10.8 Å². The molecule has 2 aliphatic heterocycles. The van der Waals surface area contributed by atoms with Crippen LogP contribution in [0.3, 0.4) is 0 Å². The van der Waals surface area contributed by atoms with Crippen LogP contribution in [0.15, 0.2) is 134 Å². The van der Waals surface area contributed by atoms with Gasteiger partial charge in [0, 0.05) is 19.4 Å². The van der Waals surface area contributed by atoms with Gasteiger partial charge in [-0.3, -0.25) is 9.59 Å². The number of nitrogens with zero attached hydrogens (tertiary/aromatic N) is 1. The van der Waals surface area contributed by atoms with Crippen molar-refractivity contribution < 1.29 is 33.6 Å². The first-order valence-corrected chi connectivity index (χ1v) is 18.6. The lowest BCUT2D eigenvalue weighted by Gasteiger charge is -2.42. The molecule has 2 heterocycles. The van der Waals surface area contributed by atoms with Gasteiger partial charge in [-0.1, -0.05) is 127 Å². The SMILES string of the molecule is C=CC(C1CC2OC(CO)C(OC(=O)CCc3ccccc3)C(OCc3ccccc3)C2O1)N(Cc1ccccc1)C(=O)Cc1cccc2cc#ccc12. The summed E-state index contributed by atoms with van der Waals surface area (Å²) < 4.78 is 26.0. The van der Waals surface area contributed by atoms with Crippen LogP contribution in [0.1, 0.15) is 35.1 Å².